The molecule has 1 aromatic heterocycles. The van der Waals surface area contributed by atoms with E-state index < -0.39 is 0 Å². The highest BCUT2D eigenvalue weighted by molar-refractivity contribution is 7.12. The van der Waals surface area contributed by atoms with Crippen LogP contribution in [0.2, 0.25) is 0 Å². The summed E-state index contributed by atoms with van der Waals surface area (Å²) in [6.07, 6.45) is 0. The van der Waals surface area contributed by atoms with Gasteiger partial charge in [0.1, 0.15) is 5.71 Å². The molecule has 3 rings (SSSR count). The van der Waals surface area contributed by atoms with E-state index in [2.05, 4.69) is 41.8 Å². The van der Waals surface area contributed by atoms with Gasteiger partial charge in [0.25, 0.3) is 0 Å². The number of hydrazone groups is 1. The van der Waals surface area contributed by atoms with Crippen molar-refractivity contribution in [3.63, 3.8) is 0 Å². The molecule has 104 valence electrons. The normalized spacial score (nSPS) is 11.4. The summed E-state index contributed by atoms with van der Waals surface area (Å²) in [6, 6.07) is 24.6. The lowest BCUT2D eigenvalue weighted by Crippen LogP contribution is -2.14. The Morgan fingerprint density at radius 3 is 2.14 bits per heavy atom. The number of thiophene rings is 1. The Hall–Kier alpha value is -2.39. The predicted molar refractivity (Wildman–Crippen MR) is 91.2 cm³/mol. The van der Waals surface area contributed by atoms with Crippen LogP contribution < -0.4 is 5.01 Å². The van der Waals surface area contributed by atoms with Crippen LogP contribution in [-0.4, -0.2) is 12.8 Å². The minimum Gasteiger partial charge on any atom is -0.268 e. The Morgan fingerprint density at radius 2 is 1.52 bits per heavy atom. The highest BCUT2D eigenvalue weighted by Gasteiger charge is 2.09. The van der Waals surface area contributed by atoms with Crippen LogP contribution in [-0.2, 0) is 0 Å². The molecule has 0 unspecified atom stereocenters. The van der Waals surface area contributed by atoms with E-state index in [1.807, 2.05) is 48.5 Å². The summed E-state index contributed by atoms with van der Waals surface area (Å²) in [5.41, 5.74) is 3.20. The fraction of sp³-hybridized carbons (Fsp3) is 0.0556. The van der Waals surface area contributed by atoms with Gasteiger partial charge in [-0.1, -0.05) is 54.6 Å². The Labute approximate surface area is 129 Å². The van der Waals surface area contributed by atoms with Crippen LogP contribution in [0.4, 0.5) is 5.69 Å². The van der Waals surface area contributed by atoms with E-state index >= 15 is 0 Å². The second kappa shape index (κ2) is 6.37. The van der Waals surface area contributed by atoms with Crippen LogP contribution in [0.5, 0.6) is 0 Å². The lowest BCUT2D eigenvalue weighted by atomic mass is 10.1. The fourth-order valence-electron chi connectivity index (χ4n) is 2.11. The zero-order valence-corrected chi connectivity index (χ0v) is 12.6. The number of nitrogens with zero attached hydrogens (tertiary/aromatic N) is 2. The maximum absolute atomic E-state index is 4.82. The van der Waals surface area contributed by atoms with Crippen molar-refractivity contribution in [1.82, 2.24) is 0 Å². The first-order valence-corrected chi connectivity index (χ1v) is 7.69. The number of anilines is 1. The third-order valence-corrected chi connectivity index (χ3v) is 4.06. The largest absolute Gasteiger partial charge is 0.268 e. The molecule has 0 aliphatic carbocycles. The molecule has 0 saturated heterocycles. The molecule has 2 aromatic carbocycles. The molecule has 21 heavy (non-hydrogen) atoms. The second-order valence-corrected chi connectivity index (χ2v) is 5.60. The zero-order chi connectivity index (χ0) is 14.5. The minimum absolute atomic E-state index is 0.997. The average molecular weight is 292 g/mol. The third kappa shape index (κ3) is 3.20. The molecule has 0 radical (unpaired) electrons. The van der Waals surface area contributed by atoms with Gasteiger partial charge in [0.05, 0.1) is 10.6 Å². The van der Waals surface area contributed by atoms with Gasteiger partial charge < -0.3 is 0 Å². The van der Waals surface area contributed by atoms with Gasteiger partial charge in [-0.2, -0.15) is 5.10 Å². The van der Waals surface area contributed by atoms with Gasteiger partial charge >= 0.3 is 0 Å². The molecule has 3 aromatic rings. The molecule has 1 heterocycles. The summed E-state index contributed by atoms with van der Waals surface area (Å²) in [4.78, 5) is 1.17. The SMILES string of the molecule is CN(N=C(c1ccccc1)c1cccs1)c1ccccc1. The monoisotopic (exact) mass is 292 g/mol. The predicted octanol–water partition coefficient (Wildman–Crippen LogP) is 4.64. The van der Waals surface area contributed by atoms with E-state index in [0.29, 0.717) is 0 Å². The van der Waals surface area contributed by atoms with Crippen molar-refractivity contribution < 1.29 is 0 Å². The van der Waals surface area contributed by atoms with Gasteiger partial charge in [-0.05, 0) is 23.6 Å². The van der Waals surface area contributed by atoms with Gasteiger partial charge in [0, 0.05) is 12.6 Å². The number of hydrogen-bond donors (Lipinski definition) is 0. The summed E-state index contributed by atoms with van der Waals surface area (Å²) in [5.74, 6) is 0. The average Bonchev–Trinajstić information content (AvgIpc) is 3.08. The molecule has 0 aliphatic rings. The number of hydrogen-bond acceptors (Lipinski definition) is 3. The van der Waals surface area contributed by atoms with Crippen molar-refractivity contribution in [3.05, 3.63) is 88.6 Å². The lowest BCUT2D eigenvalue weighted by Gasteiger charge is -2.15. The summed E-state index contributed by atoms with van der Waals surface area (Å²) in [6.45, 7) is 0. The smallest absolute Gasteiger partial charge is 0.108 e. The second-order valence-electron chi connectivity index (χ2n) is 4.65. The first-order valence-electron chi connectivity index (χ1n) is 6.81. The van der Waals surface area contributed by atoms with Gasteiger partial charge in [0.2, 0.25) is 0 Å². The summed E-state index contributed by atoms with van der Waals surface area (Å²) in [5, 5.41) is 8.82. The van der Waals surface area contributed by atoms with Crippen LogP contribution in [0.3, 0.4) is 0 Å². The summed E-state index contributed by atoms with van der Waals surface area (Å²) < 4.78 is 0. The molecule has 0 bridgehead atoms. The van der Waals surface area contributed by atoms with Crippen molar-refractivity contribution in [2.45, 2.75) is 0 Å². The molecular weight excluding hydrogens is 276 g/mol. The van der Waals surface area contributed by atoms with Crippen molar-refractivity contribution in [2.24, 2.45) is 5.10 Å². The maximum Gasteiger partial charge on any atom is 0.108 e. The molecule has 0 amide bonds. The molecular formula is C18H16N2S. The highest BCUT2D eigenvalue weighted by Crippen LogP contribution is 2.19. The van der Waals surface area contributed by atoms with E-state index in [1.165, 1.54) is 4.88 Å². The van der Waals surface area contributed by atoms with Gasteiger partial charge in [-0.15, -0.1) is 11.3 Å². The van der Waals surface area contributed by atoms with Gasteiger partial charge in [-0.25, -0.2) is 0 Å². The Morgan fingerprint density at radius 1 is 0.857 bits per heavy atom. The van der Waals surface area contributed by atoms with E-state index in [4.69, 9.17) is 5.10 Å². The highest BCUT2D eigenvalue weighted by atomic mass is 32.1. The standard InChI is InChI=1S/C18H16N2S/c1-20(16-11-6-3-7-12-16)19-18(17-13-8-14-21-17)15-9-4-2-5-10-15/h2-14H,1H3. The van der Waals surface area contributed by atoms with Crippen molar-refractivity contribution in [3.8, 4) is 0 Å². The Bertz CT molecular complexity index is 703. The minimum atomic E-state index is 0.997. The quantitative estimate of drug-likeness (QED) is 0.505. The van der Waals surface area contributed by atoms with Crippen LogP contribution in [0.25, 0.3) is 0 Å². The maximum atomic E-state index is 4.82. The Kier molecular flexibility index (Phi) is 4.12. The Balaban J connectivity index is 2.02. The van der Waals surface area contributed by atoms with Crippen molar-refractivity contribution in [2.75, 3.05) is 12.1 Å². The molecule has 0 N–H and O–H groups in total. The van der Waals surface area contributed by atoms with E-state index in [-0.39, 0.29) is 0 Å². The zero-order valence-electron chi connectivity index (χ0n) is 11.8. The van der Waals surface area contributed by atoms with Crippen LogP contribution in [0.15, 0.2) is 83.3 Å². The number of benzene rings is 2. The molecule has 3 heteroatoms. The summed E-state index contributed by atoms with van der Waals surface area (Å²) >= 11 is 1.71. The van der Waals surface area contributed by atoms with Crippen LogP contribution in [0, 0.1) is 0 Å². The number of para-hydroxylation sites is 1. The molecule has 0 aliphatic heterocycles. The van der Waals surface area contributed by atoms with Gasteiger partial charge in [0.15, 0.2) is 0 Å². The van der Waals surface area contributed by atoms with Crippen LogP contribution >= 0.6 is 11.3 Å². The third-order valence-electron chi connectivity index (χ3n) is 3.18. The first kappa shape index (κ1) is 13.6. The number of rotatable bonds is 4. The van der Waals surface area contributed by atoms with E-state index in [1.54, 1.807) is 11.3 Å². The van der Waals surface area contributed by atoms with Gasteiger partial charge in [-0.3, -0.25) is 5.01 Å². The van der Waals surface area contributed by atoms with E-state index in [9.17, 15) is 0 Å². The summed E-state index contributed by atoms with van der Waals surface area (Å²) in [7, 11) is 1.98. The molecule has 0 saturated carbocycles. The molecule has 0 atom stereocenters. The molecule has 0 spiro atoms. The molecule has 0 fully saturated rings. The first-order chi connectivity index (χ1) is 10.3. The van der Waals surface area contributed by atoms with Crippen LogP contribution in [0.1, 0.15) is 10.4 Å². The van der Waals surface area contributed by atoms with E-state index in [0.717, 1.165) is 17.0 Å². The lowest BCUT2D eigenvalue weighted by molar-refractivity contribution is 1.02. The topological polar surface area (TPSA) is 15.6 Å². The van der Waals surface area contributed by atoms with Crippen molar-refractivity contribution >= 4 is 22.7 Å². The fourth-order valence-corrected chi connectivity index (χ4v) is 2.84. The molecule has 2 nitrogen and oxygen atoms in total. The van der Waals surface area contributed by atoms with Crippen molar-refractivity contribution in [1.29, 1.82) is 0 Å².